The highest BCUT2D eigenvalue weighted by atomic mass is 35.5. The van der Waals surface area contributed by atoms with Crippen LogP contribution in [0.1, 0.15) is 43.0 Å². The second-order valence-electron chi connectivity index (χ2n) is 10.0. The molecule has 0 bridgehead atoms. The Balaban J connectivity index is 1.49. The summed E-state index contributed by atoms with van der Waals surface area (Å²) in [7, 11) is 0. The quantitative estimate of drug-likeness (QED) is 0.288. The molecule has 0 amide bonds. The van der Waals surface area contributed by atoms with E-state index >= 15 is 0 Å². The molecular weight excluding hydrogens is 482 g/mol. The predicted octanol–water partition coefficient (Wildman–Crippen LogP) is 6.85. The zero-order valence-electron chi connectivity index (χ0n) is 21.5. The Kier molecular flexibility index (Phi) is 7.92. The molecule has 1 aliphatic heterocycles. The minimum atomic E-state index is -0.371. The number of nitrogens with zero attached hydrogens (tertiary/aromatic N) is 2. The van der Waals surface area contributed by atoms with E-state index < -0.39 is 0 Å². The third-order valence-corrected chi connectivity index (χ3v) is 7.61. The lowest BCUT2D eigenvalue weighted by molar-refractivity contribution is 0.265. The van der Waals surface area contributed by atoms with Gasteiger partial charge in [-0.1, -0.05) is 68.0 Å². The van der Waals surface area contributed by atoms with E-state index in [1.165, 1.54) is 16.8 Å². The lowest BCUT2D eigenvalue weighted by atomic mass is 10.0. The normalized spacial score (nSPS) is 16.9. The number of hydrogen-bond donors (Lipinski definition) is 2. The van der Waals surface area contributed by atoms with E-state index in [9.17, 15) is 5.11 Å². The van der Waals surface area contributed by atoms with Crippen molar-refractivity contribution in [2.45, 2.75) is 57.6 Å². The zero-order chi connectivity index (χ0) is 25.8. The van der Waals surface area contributed by atoms with Gasteiger partial charge in [0.1, 0.15) is 11.5 Å². The van der Waals surface area contributed by atoms with Gasteiger partial charge in [-0.05, 0) is 36.1 Å². The Labute approximate surface area is 224 Å². The number of unbranched alkanes of at least 4 members (excludes halogenated alkanes) is 1. The number of aliphatic hydroxyl groups excluding tert-OH is 1. The van der Waals surface area contributed by atoms with Crippen molar-refractivity contribution >= 4 is 17.3 Å². The number of nitrogen functional groups attached to an aromatic ring is 1. The molecule has 3 aromatic rings. The molecule has 3 N–H and O–H groups in total. The number of hydrogen-bond acceptors (Lipinski definition) is 4. The second-order valence-corrected chi connectivity index (χ2v) is 10.5. The van der Waals surface area contributed by atoms with Crippen molar-refractivity contribution in [1.29, 1.82) is 0 Å². The molecule has 1 aromatic heterocycles. The van der Waals surface area contributed by atoms with Gasteiger partial charge in [0.05, 0.1) is 23.4 Å². The van der Waals surface area contributed by atoms with Gasteiger partial charge in [0.15, 0.2) is 0 Å². The topological polar surface area (TPSA) is 63.6 Å². The molecule has 0 fully saturated rings. The number of anilines is 1. The molecule has 0 saturated carbocycles. The average molecular weight is 518 g/mol. The van der Waals surface area contributed by atoms with Gasteiger partial charge < -0.3 is 20.1 Å². The number of aliphatic hydroxyl groups is 1. The Morgan fingerprint density at radius 1 is 1.11 bits per heavy atom. The number of allylic oxidation sites excluding steroid dienone is 2. The first-order valence-corrected chi connectivity index (χ1v) is 13.7. The van der Waals surface area contributed by atoms with Crippen LogP contribution in [0.4, 0.5) is 5.69 Å². The monoisotopic (exact) mass is 517 g/mol. The number of ether oxygens (including phenoxy) is 1. The van der Waals surface area contributed by atoms with Crippen molar-refractivity contribution in [3.8, 4) is 17.0 Å². The fourth-order valence-electron chi connectivity index (χ4n) is 5.31. The van der Waals surface area contributed by atoms with E-state index in [1.54, 1.807) is 0 Å². The summed E-state index contributed by atoms with van der Waals surface area (Å²) in [6.45, 7) is 5.86. The van der Waals surface area contributed by atoms with Crippen LogP contribution in [0.25, 0.3) is 11.3 Å². The maximum absolute atomic E-state index is 10.7. The molecule has 0 spiro atoms. The molecule has 2 heterocycles. The Bertz CT molecular complexity index is 1300. The molecule has 37 heavy (non-hydrogen) atoms. The van der Waals surface area contributed by atoms with Gasteiger partial charge in [-0.15, -0.1) is 11.6 Å². The smallest absolute Gasteiger partial charge is 0.122 e. The van der Waals surface area contributed by atoms with Gasteiger partial charge in [0.2, 0.25) is 0 Å². The van der Waals surface area contributed by atoms with Crippen LogP contribution in [-0.2, 0) is 26.1 Å². The average Bonchev–Trinajstić information content (AvgIpc) is 3.49. The van der Waals surface area contributed by atoms with E-state index in [1.807, 2.05) is 18.2 Å². The van der Waals surface area contributed by atoms with Crippen LogP contribution in [0.15, 0.2) is 78.1 Å². The molecule has 0 saturated heterocycles. The van der Waals surface area contributed by atoms with E-state index in [0.717, 1.165) is 60.7 Å². The van der Waals surface area contributed by atoms with E-state index in [4.69, 9.17) is 22.1 Å². The van der Waals surface area contributed by atoms with Crippen molar-refractivity contribution in [2.24, 2.45) is 0 Å². The van der Waals surface area contributed by atoms with Crippen molar-refractivity contribution in [2.75, 3.05) is 18.9 Å². The van der Waals surface area contributed by atoms with Crippen LogP contribution >= 0.6 is 11.6 Å². The highest BCUT2D eigenvalue weighted by Gasteiger charge is 2.22. The van der Waals surface area contributed by atoms with Crippen LogP contribution in [0.3, 0.4) is 0 Å². The lowest BCUT2D eigenvalue weighted by Gasteiger charge is -2.26. The van der Waals surface area contributed by atoms with E-state index in [2.05, 4.69) is 64.9 Å². The number of halogens is 1. The Morgan fingerprint density at radius 3 is 2.76 bits per heavy atom. The minimum absolute atomic E-state index is 0.275. The third kappa shape index (κ3) is 5.73. The summed E-state index contributed by atoms with van der Waals surface area (Å²) >= 11 is 6.39. The number of nitrogens with two attached hydrogens (primary N) is 1. The molecule has 1 unspecified atom stereocenters. The fraction of sp³-hybridized carbons (Fsp3) is 0.355. The van der Waals surface area contributed by atoms with Gasteiger partial charge in [0, 0.05) is 49.4 Å². The van der Waals surface area contributed by atoms with Gasteiger partial charge in [-0.3, -0.25) is 4.90 Å². The molecule has 2 aromatic carbocycles. The number of alkyl halides is 1. The molecule has 0 radical (unpaired) electrons. The number of fused-ring (bicyclic) bond motifs is 1. The fourth-order valence-corrected chi connectivity index (χ4v) is 5.56. The molecule has 5 rings (SSSR count). The van der Waals surface area contributed by atoms with Crippen molar-refractivity contribution in [3.05, 3.63) is 94.9 Å². The molecular formula is C31H36ClN3O2. The first-order chi connectivity index (χ1) is 18.0. The standard InChI is InChI=1S/C31H36ClN3O2/c1-2-3-15-35-26(18-28(33)30(35)24-8-5-4-6-9-24)21-34(20-25-10-7-11-27(32)31(25)36)19-22-12-13-23-14-16-37-29(23)17-22/h4-10,12-13,17-18,27,36H,2-3,11,14-16,19-21,33H2,1H3. The first-order valence-electron chi connectivity index (χ1n) is 13.3. The van der Waals surface area contributed by atoms with Crippen molar-refractivity contribution < 1.29 is 9.84 Å². The zero-order valence-corrected chi connectivity index (χ0v) is 22.3. The molecule has 1 aliphatic carbocycles. The molecule has 194 valence electrons. The lowest BCUT2D eigenvalue weighted by Crippen LogP contribution is -2.28. The van der Waals surface area contributed by atoms with Crippen LogP contribution in [-0.4, -0.2) is 33.1 Å². The van der Waals surface area contributed by atoms with Crippen molar-refractivity contribution in [1.82, 2.24) is 9.47 Å². The van der Waals surface area contributed by atoms with Crippen LogP contribution < -0.4 is 10.5 Å². The summed E-state index contributed by atoms with van der Waals surface area (Å²) in [6.07, 6.45) is 7.85. The predicted molar refractivity (Wildman–Crippen MR) is 152 cm³/mol. The molecule has 5 nitrogen and oxygen atoms in total. The van der Waals surface area contributed by atoms with Gasteiger partial charge in [-0.25, -0.2) is 0 Å². The maximum atomic E-state index is 10.7. The van der Waals surface area contributed by atoms with Gasteiger partial charge in [-0.2, -0.15) is 0 Å². The summed E-state index contributed by atoms with van der Waals surface area (Å²) in [5, 5.41) is 10.4. The van der Waals surface area contributed by atoms with Crippen LogP contribution in [0.5, 0.6) is 5.75 Å². The molecule has 1 atom stereocenters. The summed E-state index contributed by atoms with van der Waals surface area (Å²) in [6, 6.07) is 19.0. The first kappa shape index (κ1) is 25.5. The van der Waals surface area contributed by atoms with Crippen LogP contribution in [0, 0.1) is 0 Å². The Morgan fingerprint density at radius 2 is 1.95 bits per heavy atom. The summed E-state index contributed by atoms with van der Waals surface area (Å²) in [4.78, 5) is 2.35. The number of rotatable bonds is 10. The summed E-state index contributed by atoms with van der Waals surface area (Å²) < 4.78 is 8.21. The van der Waals surface area contributed by atoms with Crippen LogP contribution in [0.2, 0.25) is 0 Å². The molecule has 2 aliphatic rings. The maximum Gasteiger partial charge on any atom is 0.122 e. The highest BCUT2D eigenvalue weighted by Crippen LogP contribution is 2.32. The summed E-state index contributed by atoms with van der Waals surface area (Å²) in [5.74, 6) is 1.26. The largest absolute Gasteiger partial charge is 0.510 e. The highest BCUT2D eigenvalue weighted by molar-refractivity contribution is 6.22. The van der Waals surface area contributed by atoms with Crippen molar-refractivity contribution in [3.63, 3.8) is 0 Å². The van der Waals surface area contributed by atoms with E-state index in [-0.39, 0.29) is 11.1 Å². The minimum Gasteiger partial charge on any atom is -0.510 e. The molecule has 6 heteroatoms. The summed E-state index contributed by atoms with van der Waals surface area (Å²) in [5.41, 5.74) is 14.1. The SMILES string of the molecule is CCCCn1c(CN(CC2=C(O)C(Cl)CC=C2)Cc2ccc3c(c2)OCC3)cc(N)c1-c1ccccc1. The number of aromatic nitrogens is 1. The second kappa shape index (κ2) is 11.5. The third-order valence-electron chi connectivity index (χ3n) is 7.23. The van der Waals surface area contributed by atoms with E-state index in [0.29, 0.717) is 26.1 Å². The number of benzene rings is 2. The Hall–Kier alpha value is -3.15. The van der Waals surface area contributed by atoms with Gasteiger partial charge >= 0.3 is 0 Å². The van der Waals surface area contributed by atoms with Gasteiger partial charge in [0.25, 0.3) is 0 Å².